The van der Waals surface area contributed by atoms with Gasteiger partial charge in [-0.25, -0.2) is 4.39 Å². The van der Waals surface area contributed by atoms with Crippen LogP contribution in [0, 0.1) is 11.7 Å². The molecule has 1 N–H and O–H groups in total. The maximum atomic E-state index is 13.0. The molecule has 0 aromatic heterocycles. The lowest BCUT2D eigenvalue weighted by atomic mass is 10.0. The molecule has 1 aromatic carbocycles. The minimum atomic E-state index is -0.574. The second-order valence-corrected chi connectivity index (χ2v) is 6.87. The number of hydrogen-bond donors (Lipinski definition) is 1. The standard InChI is InChI=1S/C19H28FN3O2/c1-4-9-22-10-12-23(13-11-22)19(25)17(14(2)3)21-18(24)15-5-7-16(20)8-6-15/h5-8,14,17H,4,9-13H2,1-3H3,(H,21,24). The summed E-state index contributed by atoms with van der Waals surface area (Å²) in [4.78, 5) is 29.4. The van der Waals surface area contributed by atoms with Gasteiger partial charge in [-0.2, -0.15) is 0 Å². The van der Waals surface area contributed by atoms with Gasteiger partial charge < -0.3 is 10.2 Å². The molecule has 1 aliphatic heterocycles. The molecular weight excluding hydrogens is 321 g/mol. The molecule has 0 saturated carbocycles. The van der Waals surface area contributed by atoms with E-state index in [1.54, 1.807) is 0 Å². The second-order valence-electron chi connectivity index (χ2n) is 6.87. The van der Waals surface area contributed by atoms with Crippen LogP contribution in [0.1, 0.15) is 37.6 Å². The minimum absolute atomic E-state index is 0.0226. The Balaban J connectivity index is 1.99. The first-order valence-corrected chi connectivity index (χ1v) is 9.00. The average molecular weight is 349 g/mol. The largest absolute Gasteiger partial charge is 0.340 e. The smallest absolute Gasteiger partial charge is 0.251 e. The van der Waals surface area contributed by atoms with Crippen LogP contribution in [0.2, 0.25) is 0 Å². The first-order chi connectivity index (χ1) is 11.9. The van der Waals surface area contributed by atoms with Gasteiger partial charge in [0.15, 0.2) is 0 Å². The molecule has 2 amide bonds. The quantitative estimate of drug-likeness (QED) is 0.856. The predicted molar refractivity (Wildman–Crippen MR) is 95.8 cm³/mol. The molecule has 0 radical (unpaired) electrons. The average Bonchev–Trinajstić information content (AvgIpc) is 2.60. The Hall–Kier alpha value is -1.95. The summed E-state index contributed by atoms with van der Waals surface area (Å²) in [5.41, 5.74) is 0.354. The zero-order chi connectivity index (χ0) is 18.4. The Morgan fingerprint density at radius 2 is 1.72 bits per heavy atom. The van der Waals surface area contributed by atoms with E-state index in [4.69, 9.17) is 0 Å². The summed E-state index contributed by atoms with van der Waals surface area (Å²) in [5, 5.41) is 2.82. The van der Waals surface area contributed by atoms with Gasteiger partial charge in [0.05, 0.1) is 0 Å². The molecule has 0 spiro atoms. The highest BCUT2D eigenvalue weighted by molar-refractivity contribution is 5.97. The molecule has 1 aromatic rings. The Morgan fingerprint density at radius 3 is 2.24 bits per heavy atom. The third-order valence-electron chi connectivity index (χ3n) is 4.55. The maximum absolute atomic E-state index is 13.0. The number of piperazine rings is 1. The van der Waals surface area contributed by atoms with Crippen LogP contribution >= 0.6 is 0 Å². The highest BCUT2D eigenvalue weighted by Crippen LogP contribution is 2.11. The fourth-order valence-corrected chi connectivity index (χ4v) is 3.04. The van der Waals surface area contributed by atoms with Crippen molar-refractivity contribution in [2.75, 3.05) is 32.7 Å². The molecule has 6 heteroatoms. The van der Waals surface area contributed by atoms with E-state index in [0.29, 0.717) is 18.7 Å². The van der Waals surface area contributed by atoms with Gasteiger partial charge in [0.2, 0.25) is 5.91 Å². The zero-order valence-corrected chi connectivity index (χ0v) is 15.3. The zero-order valence-electron chi connectivity index (χ0n) is 15.3. The summed E-state index contributed by atoms with van der Waals surface area (Å²) >= 11 is 0. The molecule has 0 bridgehead atoms. The number of hydrogen-bond acceptors (Lipinski definition) is 3. The van der Waals surface area contributed by atoms with Crippen molar-refractivity contribution in [1.29, 1.82) is 0 Å². The minimum Gasteiger partial charge on any atom is -0.340 e. The number of rotatable bonds is 6. The normalized spacial score (nSPS) is 16.8. The number of carbonyl (C=O) groups excluding carboxylic acids is 2. The lowest BCUT2D eigenvalue weighted by Gasteiger charge is -2.37. The summed E-state index contributed by atoms with van der Waals surface area (Å²) in [6.45, 7) is 10.2. The van der Waals surface area contributed by atoms with Crippen molar-refractivity contribution in [2.24, 2.45) is 5.92 Å². The van der Waals surface area contributed by atoms with Crippen LogP contribution in [0.25, 0.3) is 0 Å². The molecule has 25 heavy (non-hydrogen) atoms. The molecule has 1 saturated heterocycles. The third-order valence-corrected chi connectivity index (χ3v) is 4.55. The fraction of sp³-hybridized carbons (Fsp3) is 0.579. The lowest BCUT2D eigenvalue weighted by Crippen LogP contribution is -2.56. The summed E-state index contributed by atoms with van der Waals surface area (Å²) in [5.74, 6) is -0.804. The van der Waals surface area contributed by atoms with Crippen molar-refractivity contribution >= 4 is 11.8 Å². The van der Waals surface area contributed by atoms with Gasteiger partial charge in [0, 0.05) is 31.7 Å². The SMILES string of the molecule is CCCN1CCN(C(=O)C(NC(=O)c2ccc(F)cc2)C(C)C)CC1. The number of nitrogens with one attached hydrogen (secondary N) is 1. The second kappa shape index (κ2) is 8.94. The topological polar surface area (TPSA) is 52.6 Å². The highest BCUT2D eigenvalue weighted by atomic mass is 19.1. The summed E-state index contributed by atoms with van der Waals surface area (Å²) in [7, 11) is 0. The highest BCUT2D eigenvalue weighted by Gasteiger charge is 2.30. The number of nitrogens with zero attached hydrogens (tertiary/aromatic N) is 2. The Labute approximate surface area is 149 Å². The fourth-order valence-electron chi connectivity index (χ4n) is 3.04. The van der Waals surface area contributed by atoms with Gasteiger partial charge >= 0.3 is 0 Å². The van der Waals surface area contributed by atoms with E-state index >= 15 is 0 Å². The number of benzene rings is 1. The van der Waals surface area contributed by atoms with Crippen molar-refractivity contribution in [3.05, 3.63) is 35.6 Å². The van der Waals surface area contributed by atoms with E-state index in [0.717, 1.165) is 26.1 Å². The lowest BCUT2D eigenvalue weighted by molar-refractivity contribution is -0.136. The van der Waals surface area contributed by atoms with Crippen LogP contribution in [-0.2, 0) is 4.79 Å². The van der Waals surface area contributed by atoms with E-state index in [2.05, 4.69) is 17.1 Å². The Kier molecular flexibility index (Phi) is 6.93. The van der Waals surface area contributed by atoms with Crippen molar-refractivity contribution in [3.63, 3.8) is 0 Å². The van der Waals surface area contributed by atoms with Crippen molar-refractivity contribution in [2.45, 2.75) is 33.2 Å². The molecule has 1 aliphatic rings. The van der Waals surface area contributed by atoms with Crippen LogP contribution in [0.15, 0.2) is 24.3 Å². The van der Waals surface area contributed by atoms with Crippen LogP contribution in [0.3, 0.4) is 0 Å². The Bertz CT molecular complexity index is 581. The first kappa shape index (κ1) is 19.4. The van der Waals surface area contributed by atoms with Gasteiger partial charge in [-0.15, -0.1) is 0 Å². The third kappa shape index (κ3) is 5.26. The van der Waals surface area contributed by atoms with E-state index in [-0.39, 0.29) is 17.7 Å². The first-order valence-electron chi connectivity index (χ1n) is 9.00. The molecule has 1 atom stereocenters. The van der Waals surface area contributed by atoms with Crippen LogP contribution < -0.4 is 5.32 Å². The molecular formula is C19H28FN3O2. The van der Waals surface area contributed by atoms with Crippen LogP contribution in [0.4, 0.5) is 4.39 Å². The van der Waals surface area contributed by atoms with Crippen molar-refractivity contribution < 1.29 is 14.0 Å². The molecule has 5 nitrogen and oxygen atoms in total. The summed E-state index contributed by atoms with van der Waals surface area (Å²) in [6, 6.07) is 4.77. The van der Waals surface area contributed by atoms with Gasteiger partial charge in [-0.05, 0) is 43.1 Å². The molecule has 1 unspecified atom stereocenters. The van der Waals surface area contributed by atoms with Crippen LogP contribution in [0.5, 0.6) is 0 Å². The number of halogens is 1. The van der Waals surface area contributed by atoms with Crippen molar-refractivity contribution in [1.82, 2.24) is 15.1 Å². The Morgan fingerprint density at radius 1 is 1.12 bits per heavy atom. The molecule has 138 valence electrons. The number of amides is 2. The van der Waals surface area contributed by atoms with E-state index in [1.807, 2.05) is 18.7 Å². The van der Waals surface area contributed by atoms with Gasteiger partial charge in [0.1, 0.15) is 11.9 Å². The van der Waals surface area contributed by atoms with Gasteiger partial charge in [-0.1, -0.05) is 20.8 Å². The molecule has 2 rings (SSSR count). The monoisotopic (exact) mass is 349 g/mol. The molecule has 1 heterocycles. The molecule has 1 fully saturated rings. The van der Waals surface area contributed by atoms with Crippen LogP contribution in [-0.4, -0.2) is 60.4 Å². The van der Waals surface area contributed by atoms with Crippen molar-refractivity contribution in [3.8, 4) is 0 Å². The van der Waals surface area contributed by atoms with Gasteiger partial charge in [-0.3, -0.25) is 14.5 Å². The van der Waals surface area contributed by atoms with Gasteiger partial charge in [0.25, 0.3) is 5.91 Å². The van der Waals surface area contributed by atoms with E-state index in [1.165, 1.54) is 24.3 Å². The summed E-state index contributed by atoms with van der Waals surface area (Å²) < 4.78 is 13.0. The predicted octanol–water partition coefficient (Wildman–Crippen LogP) is 2.13. The summed E-state index contributed by atoms with van der Waals surface area (Å²) in [6.07, 6.45) is 1.11. The maximum Gasteiger partial charge on any atom is 0.251 e. The molecule has 0 aliphatic carbocycles. The number of carbonyl (C=O) groups is 2. The van der Waals surface area contributed by atoms with E-state index in [9.17, 15) is 14.0 Å². The van der Waals surface area contributed by atoms with E-state index < -0.39 is 11.9 Å².